The number of fused-ring (bicyclic) bond motifs is 3. The predicted molar refractivity (Wildman–Crippen MR) is 75.4 cm³/mol. The first-order valence-electron chi connectivity index (χ1n) is 7.35. The van der Waals surface area contributed by atoms with Crippen LogP contribution in [0.2, 0.25) is 0 Å². The molecule has 0 unspecified atom stereocenters. The Bertz CT molecular complexity index is 722. The van der Waals surface area contributed by atoms with Gasteiger partial charge in [0.15, 0.2) is 0 Å². The summed E-state index contributed by atoms with van der Waals surface area (Å²) in [5.74, 6) is -0.681. The average Bonchev–Trinajstić information content (AvgIpc) is 3.07. The van der Waals surface area contributed by atoms with Crippen molar-refractivity contribution < 1.29 is 9.18 Å². The van der Waals surface area contributed by atoms with Gasteiger partial charge in [0.25, 0.3) is 5.91 Å². The number of halogens is 1. The maximum atomic E-state index is 13.8. The molecule has 0 atom stereocenters. The number of nitrogens with zero attached hydrogens (tertiary/aromatic N) is 3. The van der Waals surface area contributed by atoms with Crippen molar-refractivity contribution in [2.75, 3.05) is 6.54 Å². The minimum Gasteiger partial charge on any atom is -0.331 e. The lowest BCUT2D eigenvalue weighted by atomic mass is 10.1. The van der Waals surface area contributed by atoms with Crippen molar-refractivity contribution in [1.29, 1.82) is 0 Å². The largest absolute Gasteiger partial charge is 0.331 e. The molecule has 2 aliphatic rings. The second kappa shape index (κ2) is 4.69. The van der Waals surface area contributed by atoms with Crippen molar-refractivity contribution in [3.63, 3.8) is 0 Å². The summed E-state index contributed by atoms with van der Waals surface area (Å²) in [4.78, 5) is 14.2. The van der Waals surface area contributed by atoms with Crippen LogP contribution in [-0.2, 0) is 25.9 Å². The molecule has 1 amide bonds. The van der Waals surface area contributed by atoms with E-state index in [9.17, 15) is 9.18 Å². The first-order valence-corrected chi connectivity index (χ1v) is 7.35. The summed E-state index contributed by atoms with van der Waals surface area (Å²) in [6, 6.07) is 6.18. The van der Waals surface area contributed by atoms with E-state index >= 15 is 0 Å². The van der Waals surface area contributed by atoms with Crippen molar-refractivity contribution in [2.45, 2.75) is 32.4 Å². The molecule has 0 saturated heterocycles. The third kappa shape index (κ3) is 1.95. The quantitative estimate of drug-likeness (QED) is 0.805. The molecule has 0 spiro atoms. The van der Waals surface area contributed by atoms with Gasteiger partial charge >= 0.3 is 0 Å². The summed E-state index contributed by atoms with van der Waals surface area (Å²) >= 11 is 0. The zero-order valence-electron chi connectivity index (χ0n) is 11.7. The number of carbonyl (C=O) groups excluding carboxylic acids is 1. The van der Waals surface area contributed by atoms with Crippen LogP contribution in [0.4, 0.5) is 4.39 Å². The van der Waals surface area contributed by atoms with Crippen LogP contribution in [0.25, 0.3) is 0 Å². The third-order valence-corrected chi connectivity index (χ3v) is 4.40. The van der Waals surface area contributed by atoms with Gasteiger partial charge in [-0.15, -0.1) is 0 Å². The molecule has 108 valence electrons. The minimum absolute atomic E-state index is 0.155. The van der Waals surface area contributed by atoms with Gasteiger partial charge in [0.2, 0.25) is 0 Å². The number of aromatic nitrogens is 2. The summed E-state index contributed by atoms with van der Waals surface area (Å²) in [6.45, 7) is 1.82. The highest BCUT2D eigenvalue weighted by Gasteiger charge is 2.29. The minimum atomic E-state index is -0.452. The predicted octanol–water partition coefficient (Wildman–Crippen LogP) is 2.17. The average molecular weight is 285 g/mol. The summed E-state index contributed by atoms with van der Waals surface area (Å²) in [5, 5.41) is 4.62. The lowest BCUT2D eigenvalue weighted by Crippen LogP contribution is -2.39. The van der Waals surface area contributed by atoms with E-state index < -0.39 is 5.82 Å². The molecule has 5 heteroatoms. The van der Waals surface area contributed by atoms with Crippen LogP contribution in [0.5, 0.6) is 0 Å². The Morgan fingerprint density at radius 3 is 2.90 bits per heavy atom. The number of carbonyl (C=O) groups is 1. The van der Waals surface area contributed by atoms with E-state index in [1.807, 2.05) is 4.68 Å². The number of benzene rings is 1. The van der Waals surface area contributed by atoms with E-state index in [0.717, 1.165) is 25.0 Å². The molecule has 0 bridgehead atoms. The van der Waals surface area contributed by atoms with Gasteiger partial charge in [0.05, 0.1) is 30.0 Å². The van der Waals surface area contributed by atoms with Gasteiger partial charge in [-0.25, -0.2) is 4.39 Å². The van der Waals surface area contributed by atoms with Crippen molar-refractivity contribution in [3.8, 4) is 0 Å². The molecule has 1 aliphatic heterocycles. The molecule has 2 heterocycles. The van der Waals surface area contributed by atoms with Crippen molar-refractivity contribution in [2.24, 2.45) is 0 Å². The van der Waals surface area contributed by atoms with Gasteiger partial charge in [0.1, 0.15) is 5.82 Å². The SMILES string of the molecule is O=C(c1ccccc1F)N1CCn2nc3c(c2C1)CCC3. The summed E-state index contributed by atoms with van der Waals surface area (Å²) in [5.41, 5.74) is 3.78. The van der Waals surface area contributed by atoms with E-state index in [1.54, 1.807) is 23.1 Å². The molecule has 0 fully saturated rings. The Morgan fingerprint density at radius 2 is 2.05 bits per heavy atom. The molecule has 1 aliphatic carbocycles. The Labute approximate surface area is 122 Å². The van der Waals surface area contributed by atoms with Crippen LogP contribution >= 0.6 is 0 Å². The van der Waals surface area contributed by atoms with Crippen LogP contribution in [-0.4, -0.2) is 27.1 Å². The maximum absolute atomic E-state index is 13.8. The summed E-state index contributed by atoms with van der Waals surface area (Å²) in [6.07, 6.45) is 3.23. The smallest absolute Gasteiger partial charge is 0.257 e. The number of rotatable bonds is 1. The van der Waals surface area contributed by atoms with Crippen molar-refractivity contribution >= 4 is 5.91 Å². The highest BCUT2D eigenvalue weighted by atomic mass is 19.1. The molecule has 0 N–H and O–H groups in total. The number of aryl methyl sites for hydroxylation is 1. The zero-order valence-corrected chi connectivity index (χ0v) is 11.7. The van der Waals surface area contributed by atoms with Gasteiger partial charge in [0, 0.05) is 6.54 Å². The Hall–Kier alpha value is -2.17. The molecular weight excluding hydrogens is 269 g/mol. The Morgan fingerprint density at radius 1 is 1.19 bits per heavy atom. The van der Waals surface area contributed by atoms with E-state index in [1.165, 1.54) is 17.3 Å². The lowest BCUT2D eigenvalue weighted by molar-refractivity contribution is 0.0700. The van der Waals surface area contributed by atoms with Crippen LogP contribution in [0.3, 0.4) is 0 Å². The molecule has 2 aromatic rings. The molecule has 21 heavy (non-hydrogen) atoms. The monoisotopic (exact) mass is 285 g/mol. The topological polar surface area (TPSA) is 38.1 Å². The fraction of sp³-hybridized carbons (Fsp3) is 0.375. The van der Waals surface area contributed by atoms with Gasteiger partial charge < -0.3 is 4.90 Å². The highest BCUT2D eigenvalue weighted by molar-refractivity contribution is 5.94. The van der Waals surface area contributed by atoms with Gasteiger partial charge in [-0.3, -0.25) is 9.48 Å². The van der Waals surface area contributed by atoms with Gasteiger partial charge in [-0.05, 0) is 37.0 Å². The summed E-state index contributed by atoms with van der Waals surface area (Å²) < 4.78 is 15.8. The van der Waals surface area contributed by atoms with Crippen LogP contribution in [0.1, 0.15) is 33.7 Å². The zero-order chi connectivity index (χ0) is 14.4. The third-order valence-electron chi connectivity index (χ3n) is 4.40. The molecule has 1 aromatic heterocycles. The lowest BCUT2D eigenvalue weighted by Gasteiger charge is -2.28. The van der Waals surface area contributed by atoms with E-state index in [-0.39, 0.29) is 11.5 Å². The van der Waals surface area contributed by atoms with Crippen LogP contribution in [0.15, 0.2) is 24.3 Å². The van der Waals surface area contributed by atoms with Crippen LogP contribution in [0, 0.1) is 5.82 Å². The number of amides is 1. The Kier molecular flexibility index (Phi) is 2.80. The highest BCUT2D eigenvalue weighted by Crippen LogP contribution is 2.28. The second-order valence-corrected chi connectivity index (χ2v) is 5.66. The number of hydrogen-bond donors (Lipinski definition) is 0. The maximum Gasteiger partial charge on any atom is 0.257 e. The van der Waals surface area contributed by atoms with Gasteiger partial charge in [-0.2, -0.15) is 5.10 Å². The first-order chi connectivity index (χ1) is 10.2. The normalized spacial score (nSPS) is 16.7. The van der Waals surface area contributed by atoms with Crippen molar-refractivity contribution in [1.82, 2.24) is 14.7 Å². The summed E-state index contributed by atoms with van der Waals surface area (Å²) in [7, 11) is 0. The molecule has 4 rings (SSSR count). The number of hydrogen-bond acceptors (Lipinski definition) is 2. The molecule has 0 radical (unpaired) electrons. The fourth-order valence-electron chi connectivity index (χ4n) is 3.33. The molecule has 4 nitrogen and oxygen atoms in total. The fourth-order valence-corrected chi connectivity index (χ4v) is 3.33. The Balaban J connectivity index is 1.64. The second-order valence-electron chi connectivity index (χ2n) is 5.66. The molecule has 1 aromatic carbocycles. The van der Waals surface area contributed by atoms with E-state index in [0.29, 0.717) is 19.6 Å². The van der Waals surface area contributed by atoms with Crippen molar-refractivity contribution in [3.05, 3.63) is 52.6 Å². The standard InChI is InChI=1S/C16H16FN3O/c17-13-6-2-1-4-11(13)16(21)19-8-9-20-15(10-19)12-5-3-7-14(12)18-20/h1-2,4,6H,3,5,7-10H2. The van der Waals surface area contributed by atoms with E-state index in [2.05, 4.69) is 5.10 Å². The van der Waals surface area contributed by atoms with E-state index in [4.69, 9.17) is 0 Å². The molecular formula is C16H16FN3O. The van der Waals surface area contributed by atoms with Gasteiger partial charge in [-0.1, -0.05) is 12.1 Å². The van der Waals surface area contributed by atoms with Crippen LogP contribution < -0.4 is 0 Å². The first kappa shape index (κ1) is 12.6. The molecule has 0 saturated carbocycles.